The van der Waals surface area contributed by atoms with E-state index in [1.807, 2.05) is 61.5 Å². The number of allylic oxidation sites excluding steroid dienone is 6. The second-order valence-corrected chi connectivity index (χ2v) is 9.30. The summed E-state index contributed by atoms with van der Waals surface area (Å²) in [4.78, 5) is 33.3. The fourth-order valence-electron chi connectivity index (χ4n) is 4.01. The van der Waals surface area contributed by atoms with E-state index in [-0.39, 0.29) is 17.6 Å². The summed E-state index contributed by atoms with van der Waals surface area (Å²) >= 11 is 0. The molecule has 3 aromatic rings. The molecule has 8 heteroatoms. The Bertz CT molecular complexity index is 1600. The zero-order valence-electron chi connectivity index (χ0n) is 21.4. The molecule has 0 saturated carbocycles. The van der Waals surface area contributed by atoms with Gasteiger partial charge >= 0.3 is 0 Å². The molecule has 1 aliphatic rings. The van der Waals surface area contributed by atoms with Crippen LogP contribution in [0.1, 0.15) is 28.4 Å². The minimum absolute atomic E-state index is 0.181. The van der Waals surface area contributed by atoms with Crippen LogP contribution < -0.4 is 21.7 Å². The predicted octanol–water partition coefficient (Wildman–Crippen LogP) is 5.26. The maximum Gasteiger partial charge on any atom is 0.256 e. The Morgan fingerprint density at radius 2 is 1.79 bits per heavy atom. The van der Waals surface area contributed by atoms with E-state index in [4.69, 9.17) is 5.73 Å². The van der Waals surface area contributed by atoms with Crippen LogP contribution in [-0.4, -0.2) is 22.5 Å². The molecule has 1 atom stereocenters. The van der Waals surface area contributed by atoms with Gasteiger partial charge in [-0.15, -0.1) is 9.24 Å². The average molecular weight is 534 g/mol. The highest BCUT2D eigenvalue weighted by Gasteiger charge is 2.20. The van der Waals surface area contributed by atoms with Crippen LogP contribution in [0.3, 0.4) is 0 Å². The third kappa shape index (κ3) is 6.72. The van der Waals surface area contributed by atoms with E-state index in [0.717, 1.165) is 33.2 Å². The Morgan fingerprint density at radius 3 is 2.46 bits per heavy atom. The average Bonchev–Trinajstić information content (AvgIpc) is 2.93. The van der Waals surface area contributed by atoms with Gasteiger partial charge in [0.25, 0.3) is 5.91 Å². The second-order valence-electron chi connectivity index (χ2n) is 8.63. The molecule has 1 unspecified atom stereocenters. The van der Waals surface area contributed by atoms with E-state index in [9.17, 15) is 9.59 Å². The number of benzene rings is 2. The zero-order valence-corrected chi connectivity index (χ0v) is 22.6. The minimum Gasteiger partial charge on any atom is -0.384 e. The van der Waals surface area contributed by atoms with Crippen LogP contribution in [0.5, 0.6) is 0 Å². The molecule has 0 aliphatic heterocycles. The highest BCUT2D eigenvalue weighted by Crippen LogP contribution is 2.34. The van der Waals surface area contributed by atoms with Crippen molar-refractivity contribution in [1.82, 2.24) is 4.98 Å². The van der Waals surface area contributed by atoms with Crippen molar-refractivity contribution in [2.24, 2.45) is 10.7 Å². The Hall–Kier alpha value is -4.87. The maximum atomic E-state index is 12.8. The normalized spacial score (nSPS) is 14.8. The Kier molecular flexibility index (Phi) is 8.44. The summed E-state index contributed by atoms with van der Waals surface area (Å²) in [5.74, 6) is 0.115. The quantitative estimate of drug-likeness (QED) is 0.284. The summed E-state index contributed by atoms with van der Waals surface area (Å²) in [5.41, 5.74) is 12.0. The van der Waals surface area contributed by atoms with Crippen LogP contribution in [-0.2, 0) is 4.79 Å². The lowest BCUT2D eigenvalue weighted by Crippen LogP contribution is -2.14. The molecule has 1 aliphatic carbocycles. The van der Waals surface area contributed by atoms with E-state index in [1.54, 1.807) is 30.5 Å². The minimum atomic E-state index is -0.301. The SMILES string of the molecule is C=CC(=O)Nc1cccc(C2=CC(c3ccc(C(=O)Nc4cc(P)ccn4)cc3)=C/C(=C/C)C2=NC(=C)N)c1. The number of rotatable bonds is 7. The number of anilines is 2. The summed E-state index contributed by atoms with van der Waals surface area (Å²) < 4.78 is 0. The number of nitrogens with two attached hydrogens (primary N) is 1. The highest BCUT2D eigenvalue weighted by atomic mass is 31.0. The van der Waals surface area contributed by atoms with Crippen molar-refractivity contribution in [3.8, 4) is 0 Å². The molecule has 39 heavy (non-hydrogen) atoms. The first-order valence-electron chi connectivity index (χ1n) is 12.1. The van der Waals surface area contributed by atoms with Gasteiger partial charge in [-0.3, -0.25) is 9.59 Å². The maximum absolute atomic E-state index is 12.8. The first-order chi connectivity index (χ1) is 18.8. The third-order valence-corrected chi connectivity index (χ3v) is 6.20. The molecule has 7 nitrogen and oxygen atoms in total. The monoisotopic (exact) mass is 533 g/mol. The van der Waals surface area contributed by atoms with Crippen LogP contribution in [0.25, 0.3) is 11.1 Å². The Labute approximate surface area is 229 Å². The standard InChI is InChI=1S/C31H28N5O2P/c1-4-20-15-24(21-9-11-22(12-10-21)31(38)36-28-18-26(39)13-14-33-28)17-27(30(20)34-19(3)32)23-7-6-8-25(16-23)35-29(37)5-2/h4-18H,2-3,32,39H2,1H3,(H,35,37)(H,33,36,38)/b20-4-,34-30?. The van der Waals surface area contributed by atoms with Gasteiger partial charge in [-0.05, 0) is 89.1 Å². The molecule has 4 rings (SSSR count). The van der Waals surface area contributed by atoms with Crippen molar-refractivity contribution in [3.05, 3.63) is 132 Å². The fourth-order valence-corrected chi connectivity index (χ4v) is 4.25. The molecule has 1 aromatic heterocycles. The summed E-state index contributed by atoms with van der Waals surface area (Å²) in [6, 6.07) is 18.4. The molecule has 4 N–H and O–H groups in total. The van der Waals surface area contributed by atoms with Crippen LogP contribution in [0.2, 0.25) is 0 Å². The predicted molar refractivity (Wildman–Crippen MR) is 164 cm³/mol. The van der Waals surface area contributed by atoms with Gasteiger partial charge in [0.1, 0.15) is 11.6 Å². The molecule has 0 bridgehead atoms. The van der Waals surface area contributed by atoms with Crippen molar-refractivity contribution < 1.29 is 9.59 Å². The smallest absolute Gasteiger partial charge is 0.256 e. The van der Waals surface area contributed by atoms with Gasteiger partial charge in [0.05, 0.1) is 5.71 Å². The van der Waals surface area contributed by atoms with Gasteiger partial charge in [0.2, 0.25) is 5.91 Å². The van der Waals surface area contributed by atoms with E-state index in [0.29, 0.717) is 22.8 Å². The summed E-state index contributed by atoms with van der Waals surface area (Å²) in [6.45, 7) is 9.19. The molecule has 2 aromatic carbocycles. The lowest BCUT2D eigenvalue weighted by molar-refractivity contribution is -0.111. The molecule has 0 saturated heterocycles. The Morgan fingerprint density at radius 1 is 1.03 bits per heavy atom. The van der Waals surface area contributed by atoms with Gasteiger partial charge in [0.15, 0.2) is 0 Å². The van der Waals surface area contributed by atoms with Crippen molar-refractivity contribution >= 4 is 54.7 Å². The molecular weight excluding hydrogens is 505 g/mol. The number of hydrogen-bond acceptors (Lipinski definition) is 5. The number of carbonyl (C=O) groups is 2. The van der Waals surface area contributed by atoms with Gasteiger partial charge in [-0.25, -0.2) is 9.98 Å². The fraction of sp³-hybridized carbons (Fsp3) is 0.0323. The number of aliphatic imine (C=N–C) groups is 1. The molecule has 0 spiro atoms. The highest BCUT2D eigenvalue weighted by molar-refractivity contribution is 7.27. The number of aromatic nitrogens is 1. The van der Waals surface area contributed by atoms with Gasteiger partial charge < -0.3 is 16.4 Å². The van der Waals surface area contributed by atoms with Crippen LogP contribution >= 0.6 is 9.24 Å². The Balaban J connectivity index is 1.69. The largest absolute Gasteiger partial charge is 0.384 e. The molecular formula is C31H28N5O2P. The van der Waals surface area contributed by atoms with Crippen LogP contribution in [0, 0.1) is 0 Å². The number of carbonyl (C=O) groups excluding carboxylic acids is 2. The lowest BCUT2D eigenvalue weighted by atomic mass is 9.85. The molecule has 0 radical (unpaired) electrons. The van der Waals surface area contributed by atoms with Crippen molar-refractivity contribution in [2.75, 3.05) is 10.6 Å². The van der Waals surface area contributed by atoms with Crippen LogP contribution in [0.4, 0.5) is 11.5 Å². The van der Waals surface area contributed by atoms with Gasteiger partial charge in [0, 0.05) is 23.0 Å². The molecule has 1 heterocycles. The topological polar surface area (TPSA) is 109 Å². The summed E-state index contributed by atoms with van der Waals surface area (Å²) in [7, 11) is 2.58. The van der Waals surface area contributed by atoms with Crippen molar-refractivity contribution in [2.45, 2.75) is 6.92 Å². The number of amides is 2. The second kappa shape index (κ2) is 12.1. The first-order valence-corrected chi connectivity index (χ1v) is 12.7. The van der Waals surface area contributed by atoms with E-state index < -0.39 is 0 Å². The number of nitrogens with zero attached hydrogens (tertiary/aromatic N) is 2. The summed E-state index contributed by atoms with van der Waals surface area (Å²) in [6.07, 6.45) is 8.83. The first kappa shape index (κ1) is 27.2. The molecule has 194 valence electrons. The van der Waals surface area contributed by atoms with Crippen LogP contribution in [0.15, 0.2) is 121 Å². The summed E-state index contributed by atoms with van der Waals surface area (Å²) in [5, 5.41) is 6.54. The third-order valence-electron chi connectivity index (χ3n) is 5.84. The van der Waals surface area contributed by atoms with Gasteiger partial charge in [-0.2, -0.15) is 0 Å². The molecule has 2 amide bonds. The number of hydrogen-bond donors (Lipinski definition) is 3. The van der Waals surface area contributed by atoms with Gasteiger partial charge in [-0.1, -0.05) is 43.5 Å². The lowest BCUT2D eigenvalue weighted by Gasteiger charge is -2.20. The molecule has 0 fully saturated rings. The van der Waals surface area contributed by atoms with E-state index >= 15 is 0 Å². The van der Waals surface area contributed by atoms with E-state index in [1.165, 1.54) is 6.08 Å². The van der Waals surface area contributed by atoms with Crippen molar-refractivity contribution in [1.29, 1.82) is 0 Å². The number of nitrogens with one attached hydrogen (secondary N) is 2. The van der Waals surface area contributed by atoms with E-state index in [2.05, 4.69) is 43.0 Å². The zero-order chi connectivity index (χ0) is 27.9. The number of pyridine rings is 1. The van der Waals surface area contributed by atoms with Crippen molar-refractivity contribution in [3.63, 3.8) is 0 Å².